The van der Waals surface area contributed by atoms with Crippen molar-refractivity contribution in [3.8, 4) is 0 Å². The number of thiophene rings is 1. The number of nitrogen functional groups attached to an aromatic ring is 1. The summed E-state index contributed by atoms with van der Waals surface area (Å²) in [6.45, 7) is 4.28. The second kappa shape index (κ2) is 8.90. The summed E-state index contributed by atoms with van der Waals surface area (Å²) in [4.78, 5) is 34.4. The highest BCUT2D eigenvalue weighted by Gasteiger charge is 2.21. The average Bonchev–Trinajstić information content (AvgIpc) is 3.27. The molecule has 0 bridgehead atoms. The number of fused-ring (bicyclic) bond motifs is 1. The Morgan fingerprint density at radius 3 is 2.81 bits per heavy atom. The second-order valence-corrected chi connectivity index (χ2v) is 8.60. The zero-order valence-corrected chi connectivity index (χ0v) is 18.5. The average molecular weight is 457 g/mol. The van der Waals surface area contributed by atoms with Crippen LogP contribution in [0.3, 0.4) is 0 Å². The summed E-state index contributed by atoms with van der Waals surface area (Å²) in [5.41, 5.74) is 7.60. The van der Waals surface area contributed by atoms with Crippen LogP contribution < -0.4 is 11.4 Å². The number of esters is 1. The summed E-state index contributed by atoms with van der Waals surface area (Å²) in [5, 5.41) is 7.81. The molecule has 0 spiro atoms. The van der Waals surface area contributed by atoms with Gasteiger partial charge in [0.2, 0.25) is 0 Å². The molecule has 4 aromatic rings. The smallest absolute Gasteiger partial charge is 0.348 e. The summed E-state index contributed by atoms with van der Waals surface area (Å²) in [7, 11) is 0. The Bertz CT molecular complexity index is 1300. The summed E-state index contributed by atoms with van der Waals surface area (Å²) < 4.78 is 6.68. The van der Waals surface area contributed by atoms with Crippen LogP contribution in [0.2, 0.25) is 0 Å². The molecule has 0 aliphatic heterocycles. The minimum atomic E-state index is -0.389. The number of carbonyl (C=O) groups excluding carboxylic acids is 1. The number of nitrogens with one attached hydrogen (secondary N) is 1. The van der Waals surface area contributed by atoms with Crippen molar-refractivity contribution in [1.82, 2.24) is 24.7 Å². The number of anilines is 1. The van der Waals surface area contributed by atoms with Crippen LogP contribution in [0.15, 0.2) is 40.3 Å². The molecule has 0 fully saturated rings. The molecule has 3 heterocycles. The number of hydrogen-bond donors (Lipinski definition) is 2. The van der Waals surface area contributed by atoms with Gasteiger partial charge in [0, 0.05) is 0 Å². The number of thioether (sulfide) groups is 1. The fourth-order valence-corrected chi connectivity index (χ4v) is 5.02. The molecule has 3 aromatic heterocycles. The third-order valence-electron chi connectivity index (χ3n) is 4.56. The number of nitrogens with two attached hydrogens (primary N) is 1. The third kappa shape index (κ3) is 4.32. The van der Waals surface area contributed by atoms with Crippen molar-refractivity contribution >= 4 is 45.1 Å². The van der Waals surface area contributed by atoms with Crippen molar-refractivity contribution in [1.29, 1.82) is 0 Å². The van der Waals surface area contributed by atoms with Crippen LogP contribution in [0.5, 0.6) is 0 Å². The van der Waals surface area contributed by atoms with E-state index >= 15 is 0 Å². The van der Waals surface area contributed by atoms with E-state index in [9.17, 15) is 9.59 Å². The summed E-state index contributed by atoms with van der Waals surface area (Å²) in [6, 6.07) is 9.67. The number of aromatic nitrogens is 5. The molecule has 0 unspecified atom stereocenters. The molecule has 1 aromatic carbocycles. The number of ether oxygens (including phenoxy) is 1. The minimum absolute atomic E-state index is 0.282. The van der Waals surface area contributed by atoms with E-state index in [0.717, 1.165) is 11.1 Å². The van der Waals surface area contributed by atoms with Crippen molar-refractivity contribution in [2.45, 2.75) is 31.3 Å². The summed E-state index contributed by atoms with van der Waals surface area (Å²) in [6.07, 6.45) is 0. The molecule has 0 amide bonds. The Morgan fingerprint density at radius 2 is 2.06 bits per heavy atom. The lowest BCUT2D eigenvalue weighted by Gasteiger charge is -2.06. The highest BCUT2D eigenvalue weighted by atomic mass is 32.2. The lowest BCUT2D eigenvalue weighted by Crippen LogP contribution is -2.18. The molecule has 0 radical (unpaired) electrons. The van der Waals surface area contributed by atoms with Crippen LogP contribution in [0.25, 0.3) is 10.2 Å². The monoisotopic (exact) mass is 456 g/mol. The number of nitrogens with zero attached hydrogens (tertiary/aromatic N) is 4. The maximum absolute atomic E-state index is 12.2. The van der Waals surface area contributed by atoms with E-state index in [-0.39, 0.29) is 11.7 Å². The number of carbonyl (C=O) groups is 1. The SMILES string of the molecule is CCOC(=O)c1sc2nc(CSc3n[nH]c(=O)n3Cc3ccccc3)nc(N)c2c1C. The molecule has 160 valence electrons. The molecule has 0 saturated carbocycles. The molecule has 0 saturated heterocycles. The molecule has 0 atom stereocenters. The first-order valence-corrected chi connectivity index (χ1v) is 11.3. The second-order valence-electron chi connectivity index (χ2n) is 6.65. The number of benzene rings is 1. The van der Waals surface area contributed by atoms with E-state index in [1.165, 1.54) is 23.1 Å². The van der Waals surface area contributed by atoms with Gasteiger partial charge in [0.25, 0.3) is 0 Å². The number of H-pyrrole nitrogens is 1. The number of rotatable bonds is 7. The van der Waals surface area contributed by atoms with Crippen molar-refractivity contribution < 1.29 is 9.53 Å². The van der Waals surface area contributed by atoms with Crippen molar-refractivity contribution in [3.63, 3.8) is 0 Å². The summed E-state index contributed by atoms with van der Waals surface area (Å²) in [5.74, 6) is 0.784. The van der Waals surface area contributed by atoms with Crippen LogP contribution >= 0.6 is 23.1 Å². The van der Waals surface area contributed by atoms with Crippen molar-refractivity contribution in [2.75, 3.05) is 12.3 Å². The largest absolute Gasteiger partial charge is 0.462 e. The van der Waals surface area contributed by atoms with E-state index in [2.05, 4.69) is 20.2 Å². The Hall–Kier alpha value is -3.18. The Morgan fingerprint density at radius 1 is 1.29 bits per heavy atom. The molecule has 4 rings (SSSR count). The predicted octanol–water partition coefficient (Wildman–Crippen LogP) is 2.98. The fourth-order valence-electron chi connectivity index (χ4n) is 3.12. The van der Waals surface area contributed by atoms with Gasteiger partial charge in [-0.05, 0) is 25.0 Å². The van der Waals surface area contributed by atoms with Crippen molar-refractivity contribution in [3.05, 3.63) is 62.6 Å². The van der Waals surface area contributed by atoms with E-state index in [1.54, 1.807) is 11.5 Å². The molecule has 0 aliphatic carbocycles. The van der Waals surface area contributed by atoms with E-state index < -0.39 is 0 Å². The number of aromatic amines is 1. The number of aryl methyl sites for hydroxylation is 1. The zero-order chi connectivity index (χ0) is 22.0. The number of hydrogen-bond acceptors (Lipinski definition) is 9. The van der Waals surface area contributed by atoms with Gasteiger partial charge >= 0.3 is 11.7 Å². The van der Waals surface area contributed by atoms with Crippen LogP contribution in [0.4, 0.5) is 5.82 Å². The van der Waals surface area contributed by atoms with Crippen LogP contribution in [-0.2, 0) is 17.0 Å². The molecule has 11 heteroatoms. The van der Waals surface area contributed by atoms with E-state index in [0.29, 0.717) is 50.8 Å². The van der Waals surface area contributed by atoms with Crippen molar-refractivity contribution in [2.24, 2.45) is 0 Å². The first kappa shape index (κ1) is 21.1. The van der Waals surface area contributed by atoms with E-state index in [4.69, 9.17) is 10.5 Å². The molecular formula is C20H20N6O3S2. The predicted molar refractivity (Wildman–Crippen MR) is 120 cm³/mol. The highest BCUT2D eigenvalue weighted by molar-refractivity contribution is 7.98. The van der Waals surface area contributed by atoms with Gasteiger partial charge in [0.1, 0.15) is 21.3 Å². The lowest BCUT2D eigenvalue weighted by molar-refractivity contribution is 0.0531. The van der Waals surface area contributed by atoms with Gasteiger partial charge in [0.05, 0.1) is 24.3 Å². The minimum Gasteiger partial charge on any atom is -0.462 e. The topological polar surface area (TPSA) is 129 Å². The fraction of sp³-hybridized carbons (Fsp3) is 0.250. The molecule has 3 N–H and O–H groups in total. The standard InChI is InChI=1S/C20H20N6O3S2/c1-3-29-18(27)15-11(2)14-16(21)22-13(23-17(14)31-15)10-30-20-25-24-19(28)26(20)9-12-7-5-4-6-8-12/h4-8H,3,9-10H2,1-2H3,(H,24,28)(H2,21,22,23). The molecular weight excluding hydrogens is 436 g/mol. The maximum atomic E-state index is 12.2. The van der Waals surface area contributed by atoms with Gasteiger partial charge in [-0.1, -0.05) is 42.1 Å². The Labute approximate surface area is 185 Å². The van der Waals surface area contributed by atoms with Gasteiger partial charge in [0.15, 0.2) is 5.16 Å². The quantitative estimate of drug-likeness (QED) is 0.321. The van der Waals surface area contributed by atoms with Gasteiger partial charge in [-0.25, -0.2) is 24.7 Å². The van der Waals surface area contributed by atoms with Crippen LogP contribution in [-0.4, -0.2) is 37.3 Å². The van der Waals surface area contributed by atoms with Gasteiger partial charge < -0.3 is 10.5 Å². The zero-order valence-electron chi connectivity index (χ0n) is 16.9. The third-order valence-corrected chi connectivity index (χ3v) is 6.70. The first-order valence-electron chi connectivity index (χ1n) is 9.52. The van der Waals surface area contributed by atoms with E-state index in [1.807, 2.05) is 37.3 Å². The lowest BCUT2D eigenvalue weighted by atomic mass is 10.2. The van der Waals surface area contributed by atoms with Crippen LogP contribution in [0, 0.1) is 6.92 Å². The Kier molecular flexibility index (Phi) is 6.05. The normalized spacial score (nSPS) is 11.2. The van der Waals surface area contributed by atoms with Gasteiger partial charge in [-0.3, -0.25) is 4.57 Å². The molecule has 31 heavy (non-hydrogen) atoms. The molecule has 9 nitrogen and oxygen atoms in total. The maximum Gasteiger partial charge on any atom is 0.348 e. The highest BCUT2D eigenvalue weighted by Crippen LogP contribution is 2.33. The van der Waals surface area contributed by atoms with Gasteiger partial charge in [-0.2, -0.15) is 0 Å². The first-order chi connectivity index (χ1) is 15.0. The Balaban J connectivity index is 1.58. The summed E-state index contributed by atoms with van der Waals surface area (Å²) >= 11 is 2.58. The molecule has 0 aliphatic rings. The van der Waals surface area contributed by atoms with Crippen LogP contribution in [0.1, 0.15) is 33.5 Å². The van der Waals surface area contributed by atoms with Gasteiger partial charge in [-0.15, -0.1) is 16.4 Å².